The van der Waals surface area contributed by atoms with Crippen LogP contribution in [0.15, 0.2) is 71.3 Å². The Morgan fingerprint density at radius 3 is 2.70 bits per heavy atom. The molecule has 2 aromatic heterocycles. The van der Waals surface area contributed by atoms with E-state index in [0.29, 0.717) is 11.0 Å². The van der Waals surface area contributed by atoms with Crippen molar-refractivity contribution in [2.24, 2.45) is 0 Å². The molecule has 1 N–H and O–H groups in total. The van der Waals surface area contributed by atoms with E-state index in [9.17, 15) is 14.0 Å². The Kier molecular flexibility index (Phi) is 6.75. The number of methoxy groups -OCH3 is 1. The minimum absolute atomic E-state index is 0.0600. The molecule has 170 valence electrons. The average molecular weight is 451 g/mol. The number of nitrogens with zero attached hydrogens (tertiary/aromatic N) is 4. The number of halogens is 1. The Bertz CT molecular complexity index is 1240. The van der Waals surface area contributed by atoms with Crippen LogP contribution < -0.4 is 10.2 Å². The third-order valence-electron chi connectivity index (χ3n) is 5.01. The highest BCUT2D eigenvalue weighted by Gasteiger charge is 2.36. The summed E-state index contributed by atoms with van der Waals surface area (Å²) in [6.07, 6.45) is 1.39. The molecule has 9 nitrogen and oxygen atoms in total. The highest BCUT2D eigenvalue weighted by Crippen LogP contribution is 2.31. The lowest BCUT2D eigenvalue weighted by Gasteiger charge is -2.30. The molecule has 10 heteroatoms. The van der Waals surface area contributed by atoms with Crippen molar-refractivity contribution >= 4 is 28.5 Å². The number of rotatable bonds is 9. The SMILES string of the molecule is COCCNC(=O)C(c1ccco1)N(C(=O)Cn1nnc2ccccc21)c1ccccc1F. The Balaban J connectivity index is 1.75. The smallest absolute Gasteiger partial charge is 0.251 e. The van der Waals surface area contributed by atoms with Crippen LogP contribution in [0.2, 0.25) is 0 Å². The quantitative estimate of drug-likeness (QED) is 0.393. The number of nitrogens with one attached hydrogen (secondary N) is 1. The summed E-state index contributed by atoms with van der Waals surface area (Å²) in [5.74, 6) is -1.58. The number of ether oxygens (including phenoxy) is 1. The molecule has 4 rings (SSSR count). The summed E-state index contributed by atoms with van der Waals surface area (Å²) >= 11 is 0. The first-order chi connectivity index (χ1) is 16.1. The minimum atomic E-state index is -1.25. The average Bonchev–Trinajstić information content (AvgIpc) is 3.49. The maximum atomic E-state index is 14.9. The number of fused-ring (bicyclic) bond motifs is 1. The molecule has 0 saturated heterocycles. The molecule has 1 atom stereocenters. The topological polar surface area (TPSA) is 102 Å². The Labute approximate surface area is 188 Å². The Morgan fingerprint density at radius 2 is 1.94 bits per heavy atom. The van der Waals surface area contributed by atoms with Crippen LogP contribution in [-0.4, -0.2) is 47.1 Å². The highest BCUT2D eigenvalue weighted by molar-refractivity contribution is 6.01. The van der Waals surface area contributed by atoms with Crippen molar-refractivity contribution in [1.29, 1.82) is 0 Å². The van der Waals surface area contributed by atoms with Gasteiger partial charge in [0, 0.05) is 13.7 Å². The van der Waals surface area contributed by atoms with Gasteiger partial charge in [-0.2, -0.15) is 0 Å². The van der Waals surface area contributed by atoms with E-state index < -0.39 is 23.7 Å². The maximum absolute atomic E-state index is 14.9. The Morgan fingerprint density at radius 1 is 1.15 bits per heavy atom. The summed E-state index contributed by atoms with van der Waals surface area (Å²) in [5.41, 5.74) is 1.19. The molecule has 1 unspecified atom stereocenters. The number of hydrogen-bond donors (Lipinski definition) is 1. The molecule has 0 aliphatic rings. The summed E-state index contributed by atoms with van der Waals surface area (Å²) in [6.45, 7) is 0.214. The number of para-hydroxylation sites is 2. The van der Waals surface area contributed by atoms with E-state index in [1.165, 1.54) is 36.3 Å². The monoisotopic (exact) mass is 451 g/mol. The molecule has 0 spiro atoms. The number of anilines is 1. The maximum Gasteiger partial charge on any atom is 0.251 e. The molecule has 4 aromatic rings. The van der Waals surface area contributed by atoms with Gasteiger partial charge in [-0.1, -0.05) is 29.5 Å². The fourth-order valence-electron chi connectivity index (χ4n) is 3.50. The number of carbonyl (C=O) groups is 2. The lowest BCUT2D eigenvalue weighted by Crippen LogP contribution is -2.46. The van der Waals surface area contributed by atoms with Gasteiger partial charge in [0.15, 0.2) is 6.04 Å². The number of hydrogen-bond acceptors (Lipinski definition) is 6. The zero-order valence-corrected chi connectivity index (χ0v) is 17.8. The van der Waals surface area contributed by atoms with Gasteiger partial charge in [0.1, 0.15) is 23.6 Å². The number of amides is 2. The summed E-state index contributed by atoms with van der Waals surface area (Å²) in [7, 11) is 1.51. The van der Waals surface area contributed by atoms with Gasteiger partial charge in [-0.3, -0.25) is 14.5 Å². The molecule has 2 amide bonds. The predicted octanol–water partition coefficient (Wildman–Crippen LogP) is 2.70. The van der Waals surface area contributed by atoms with E-state index in [1.54, 1.807) is 36.4 Å². The fraction of sp³-hybridized carbons (Fsp3) is 0.217. The second-order valence-electron chi connectivity index (χ2n) is 7.15. The van der Waals surface area contributed by atoms with Crippen molar-refractivity contribution < 1.29 is 23.1 Å². The second-order valence-corrected chi connectivity index (χ2v) is 7.15. The number of benzene rings is 2. The normalized spacial score (nSPS) is 11.9. The van der Waals surface area contributed by atoms with Crippen LogP contribution in [0.3, 0.4) is 0 Å². The standard InChI is InChI=1S/C23H22FN5O4/c1-32-14-12-25-23(31)22(20-11-6-13-33-20)29(18-9-4-2-7-16(18)24)21(30)15-28-19-10-5-3-8-17(19)26-27-28/h2-11,13,22H,12,14-15H2,1H3,(H,25,31). The van der Waals surface area contributed by atoms with Crippen LogP contribution in [0.4, 0.5) is 10.1 Å². The van der Waals surface area contributed by atoms with Gasteiger partial charge in [0.25, 0.3) is 5.91 Å². The first-order valence-corrected chi connectivity index (χ1v) is 10.2. The van der Waals surface area contributed by atoms with Crippen molar-refractivity contribution in [3.05, 3.63) is 78.5 Å². The fourth-order valence-corrected chi connectivity index (χ4v) is 3.50. The molecule has 0 aliphatic carbocycles. The van der Waals surface area contributed by atoms with Crippen LogP contribution in [0.25, 0.3) is 11.0 Å². The third-order valence-corrected chi connectivity index (χ3v) is 5.01. The molecule has 0 fully saturated rings. The summed E-state index contributed by atoms with van der Waals surface area (Å²) in [4.78, 5) is 27.9. The molecule has 0 aliphatic heterocycles. The van der Waals surface area contributed by atoms with Crippen LogP contribution in [0.5, 0.6) is 0 Å². The largest absolute Gasteiger partial charge is 0.467 e. The number of carbonyl (C=O) groups excluding carboxylic acids is 2. The van der Waals surface area contributed by atoms with E-state index in [0.717, 1.165) is 4.90 Å². The van der Waals surface area contributed by atoms with Crippen molar-refractivity contribution in [1.82, 2.24) is 20.3 Å². The first-order valence-electron chi connectivity index (χ1n) is 10.2. The molecule has 33 heavy (non-hydrogen) atoms. The van der Waals surface area contributed by atoms with Crippen LogP contribution >= 0.6 is 0 Å². The predicted molar refractivity (Wildman–Crippen MR) is 118 cm³/mol. The number of aromatic nitrogens is 3. The highest BCUT2D eigenvalue weighted by atomic mass is 19.1. The second kappa shape index (κ2) is 10.0. The van der Waals surface area contributed by atoms with Gasteiger partial charge in [0.2, 0.25) is 5.91 Å². The lowest BCUT2D eigenvalue weighted by molar-refractivity contribution is -0.127. The molecule has 0 saturated carbocycles. The van der Waals surface area contributed by atoms with E-state index >= 15 is 0 Å². The van der Waals surface area contributed by atoms with Crippen molar-refractivity contribution in [3.8, 4) is 0 Å². The van der Waals surface area contributed by atoms with Crippen LogP contribution in [-0.2, 0) is 20.9 Å². The Hall–Kier alpha value is -4.05. The van der Waals surface area contributed by atoms with Crippen molar-refractivity contribution in [2.45, 2.75) is 12.6 Å². The molecule has 2 aromatic carbocycles. The van der Waals surface area contributed by atoms with Gasteiger partial charge in [-0.15, -0.1) is 5.10 Å². The van der Waals surface area contributed by atoms with Crippen LogP contribution in [0, 0.1) is 5.82 Å². The third kappa shape index (κ3) is 4.75. The summed E-state index contributed by atoms with van der Waals surface area (Å²) < 4.78 is 26.8. The van der Waals surface area contributed by atoms with Gasteiger partial charge in [-0.05, 0) is 36.4 Å². The molecule has 0 bridgehead atoms. The van der Waals surface area contributed by atoms with Crippen molar-refractivity contribution in [2.75, 3.05) is 25.2 Å². The van der Waals surface area contributed by atoms with Gasteiger partial charge >= 0.3 is 0 Å². The van der Waals surface area contributed by atoms with Crippen LogP contribution in [0.1, 0.15) is 11.8 Å². The van der Waals surface area contributed by atoms with Gasteiger partial charge in [-0.25, -0.2) is 9.07 Å². The first kappa shape index (κ1) is 22.2. The van der Waals surface area contributed by atoms with Crippen molar-refractivity contribution in [3.63, 3.8) is 0 Å². The van der Waals surface area contributed by atoms with Gasteiger partial charge in [0.05, 0.1) is 24.1 Å². The zero-order chi connectivity index (χ0) is 23.2. The van der Waals surface area contributed by atoms with E-state index in [1.807, 2.05) is 6.07 Å². The number of furan rings is 1. The minimum Gasteiger partial charge on any atom is -0.467 e. The van der Waals surface area contributed by atoms with E-state index in [4.69, 9.17) is 9.15 Å². The molecule has 0 radical (unpaired) electrons. The molecular weight excluding hydrogens is 429 g/mol. The van der Waals surface area contributed by atoms with E-state index in [-0.39, 0.29) is 31.1 Å². The lowest BCUT2D eigenvalue weighted by atomic mass is 10.1. The summed E-state index contributed by atoms with van der Waals surface area (Å²) in [6, 6.07) is 14.8. The molecule has 2 heterocycles. The van der Waals surface area contributed by atoms with Gasteiger partial charge < -0.3 is 14.5 Å². The summed E-state index contributed by atoms with van der Waals surface area (Å²) in [5, 5.41) is 10.8. The molecular formula is C23H22FN5O4. The van der Waals surface area contributed by atoms with E-state index in [2.05, 4.69) is 15.6 Å². The zero-order valence-electron chi connectivity index (χ0n) is 17.8.